The van der Waals surface area contributed by atoms with Gasteiger partial charge in [0.05, 0.1) is 15.6 Å². The number of hydrogen-bond donors (Lipinski definition) is 1. The molecule has 0 saturated heterocycles. The minimum absolute atomic E-state index is 0.205. The number of rotatable bonds is 4. The second kappa shape index (κ2) is 7.05. The van der Waals surface area contributed by atoms with Gasteiger partial charge in [-0.15, -0.1) is 0 Å². The third-order valence-electron chi connectivity index (χ3n) is 5.25. The number of benzene rings is 2. The Morgan fingerprint density at radius 2 is 1.69 bits per heavy atom. The number of para-hydroxylation sites is 1. The summed E-state index contributed by atoms with van der Waals surface area (Å²) in [5.74, 6) is -0.499. The van der Waals surface area contributed by atoms with Crippen LogP contribution < -0.4 is 5.32 Å². The van der Waals surface area contributed by atoms with E-state index in [-0.39, 0.29) is 4.90 Å². The van der Waals surface area contributed by atoms with Crippen LogP contribution in [0.25, 0.3) is 0 Å². The summed E-state index contributed by atoms with van der Waals surface area (Å²) in [6.45, 7) is 3.81. The SMILES string of the molecule is Cc1ccc(S(=O)(=O)C2(C(=O)Nc3ccccc3Cl)CCCC2)cc1C. The number of sulfone groups is 1. The van der Waals surface area contributed by atoms with Crippen molar-refractivity contribution < 1.29 is 13.2 Å². The average Bonchev–Trinajstić information content (AvgIpc) is 3.11. The fourth-order valence-corrected chi connectivity index (χ4v) is 5.80. The Labute approximate surface area is 159 Å². The van der Waals surface area contributed by atoms with E-state index in [1.54, 1.807) is 42.5 Å². The molecule has 4 nitrogen and oxygen atoms in total. The van der Waals surface area contributed by atoms with Gasteiger partial charge in [-0.2, -0.15) is 0 Å². The lowest BCUT2D eigenvalue weighted by Crippen LogP contribution is -2.47. The molecule has 1 aliphatic rings. The second-order valence-corrected chi connectivity index (χ2v) is 9.55. The van der Waals surface area contributed by atoms with Crippen molar-refractivity contribution in [2.45, 2.75) is 49.2 Å². The van der Waals surface area contributed by atoms with E-state index < -0.39 is 20.5 Å². The summed E-state index contributed by atoms with van der Waals surface area (Å²) >= 11 is 6.13. The van der Waals surface area contributed by atoms with Gasteiger partial charge < -0.3 is 5.32 Å². The predicted molar refractivity (Wildman–Crippen MR) is 104 cm³/mol. The maximum absolute atomic E-state index is 13.4. The Bertz CT molecular complexity index is 947. The Hall–Kier alpha value is -1.85. The van der Waals surface area contributed by atoms with E-state index in [2.05, 4.69) is 5.32 Å². The van der Waals surface area contributed by atoms with Crippen LogP contribution in [0.1, 0.15) is 36.8 Å². The van der Waals surface area contributed by atoms with E-state index in [0.29, 0.717) is 36.4 Å². The zero-order valence-electron chi connectivity index (χ0n) is 14.9. The molecular weight excluding hydrogens is 370 g/mol. The highest BCUT2D eigenvalue weighted by molar-refractivity contribution is 7.93. The quantitative estimate of drug-likeness (QED) is 0.822. The Morgan fingerprint density at radius 3 is 2.31 bits per heavy atom. The molecule has 0 aromatic heterocycles. The van der Waals surface area contributed by atoms with Crippen LogP contribution in [0.4, 0.5) is 5.69 Å². The highest BCUT2D eigenvalue weighted by Gasteiger charge is 2.53. The molecule has 1 aliphatic carbocycles. The van der Waals surface area contributed by atoms with Gasteiger partial charge in [-0.3, -0.25) is 4.79 Å². The Balaban J connectivity index is 2.03. The van der Waals surface area contributed by atoms with Crippen LogP contribution in [0.15, 0.2) is 47.4 Å². The van der Waals surface area contributed by atoms with Crippen molar-refractivity contribution in [3.63, 3.8) is 0 Å². The van der Waals surface area contributed by atoms with Gasteiger partial charge in [-0.1, -0.05) is 42.6 Å². The van der Waals surface area contributed by atoms with Crippen LogP contribution in [-0.2, 0) is 14.6 Å². The largest absolute Gasteiger partial charge is 0.323 e. The number of carbonyl (C=O) groups excluding carboxylic acids is 1. The molecule has 6 heteroatoms. The summed E-state index contributed by atoms with van der Waals surface area (Å²) in [5, 5.41) is 3.13. The molecule has 3 rings (SSSR count). The molecule has 26 heavy (non-hydrogen) atoms. The van der Waals surface area contributed by atoms with Crippen molar-refractivity contribution in [3.05, 3.63) is 58.6 Å². The molecule has 2 aromatic carbocycles. The summed E-state index contributed by atoms with van der Waals surface area (Å²) < 4.78 is 25.4. The van der Waals surface area contributed by atoms with Crippen LogP contribution >= 0.6 is 11.6 Å². The van der Waals surface area contributed by atoms with Gasteiger partial charge in [0.1, 0.15) is 0 Å². The first kappa shape index (κ1) is 18.9. The third-order valence-corrected chi connectivity index (χ3v) is 8.08. The molecular formula is C20H22ClNO3S. The first-order chi connectivity index (χ1) is 12.3. The standard InChI is InChI=1S/C20H22ClNO3S/c1-14-9-10-16(13-15(14)2)26(24,25)20(11-5-6-12-20)19(23)22-18-8-4-3-7-17(18)21/h3-4,7-10,13H,5-6,11-12H2,1-2H3,(H,22,23). The number of hydrogen-bond acceptors (Lipinski definition) is 3. The molecule has 2 aromatic rings. The molecule has 1 amide bonds. The van der Waals surface area contributed by atoms with Crippen LogP contribution in [0, 0.1) is 13.8 Å². The fraction of sp³-hybridized carbons (Fsp3) is 0.350. The van der Waals surface area contributed by atoms with Gasteiger partial charge in [-0.05, 0) is 62.1 Å². The summed E-state index contributed by atoms with van der Waals surface area (Å²) in [6.07, 6.45) is 2.05. The molecule has 1 N–H and O–H groups in total. The first-order valence-electron chi connectivity index (χ1n) is 8.66. The molecule has 0 spiro atoms. The maximum atomic E-state index is 13.4. The molecule has 1 saturated carbocycles. The lowest BCUT2D eigenvalue weighted by atomic mass is 10.1. The first-order valence-corrected chi connectivity index (χ1v) is 10.5. The van der Waals surface area contributed by atoms with Crippen LogP contribution in [0.2, 0.25) is 5.02 Å². The molecule has 0 heterocycles. The normalized spacial score (nSPS) is 16.4. The third kappa shape index (κ3) is 3.14. The summed E-state index contributed by atoms with van der Waals surface area (Å²) in [4.78, 5) is 13.3. The minimum Gasteiger partial charge on any atom is -0.323 e. The molecule has 0 bridgehead atoms. The van der Waals surface area contributed by atoms with Gasteiger partial charge in [0.15, 0.2) is 14.6 Å². The topological polar surface area (TPSA) is 63.2 Å². The van der Waals surface area contributed by atoms with Gasteiger partial charge in [0, 0.05) is 0 Å². The highest BCUT2D eigenvalue weighted by Crippen LogP contribution is 2.42. The number of carbonyl (C=O) groups is 1. The van der Waals surface area contributed by atoms with Crippen LogP contribution in [-0.4, -0.2) is 19.1 Å². The number of halogens is 1. The van der Waals surface area contributed by atoms with Crippen molar-refractivity contribution >= 4 is 33.0 Å². The number of aryl methyl sites for hydroxylation is 2. The molecule has 0 atom stereocenters. The highest BCUT2D eigenvalue weighted by atomic mass is 35.5. The lowest BCUT2D eigenvalue weighted by molar-refractivity contribution is -0.118. The van der Waals surface area contributed by atoms with Crippen LogP contribution in [0.3, 0.4) is 0 Å². The Morgan fingerprint density at radius 1 is 1.04 bits per heavy atom. The van der Waals surface area contributed by atoms with E-state index >= 15 is 0 Å². The average molecular weight is 392 g/mol. The number of amides is 1. The zero-order valence-corrected chi connectivity index (χ0v) is 16.5. The van der Waals surface area contributed by atoms with Crippen LogP contribution in [0.5, 0.6) is 0 Å². The molecule has 0 radical (unpaired) electrons. The zero-order chi connectivity index (χ0) is 18.9. The lowest BCUT2D eigenvalue weighted by Gasteiger charge is -2.28. The molecule has 1 fully saturated rings. The smallest absolute Gasteiger partial charge is 0.246 e. The predicted octanol–water partition coefficient (Wildman–Crippen LogP) is 4.68. The molecule has 0 aliphatic heterocycles. The van der Waals surface area contributed by atoms with E-state index in [1.165, 1.54) is 0 Å². The van der Waals surface area contributed by atoms with Crippen molar-refractivity contribution in [2.75, 3.05) is 5.32 Å². The van der Waals surface area contributed by atoms with Gasteiger partial charge in [-0.25, -0.2) is 8.42 Å². The molecule has 0 unspecified atom stereocenters. The fourth-order valence-electron chi connectivity index (χ4n) is 3.47. The Kier molecular flexibility index (Phi) is 5.13. The van der Waals surface area contributed by atoms with E-state index in [9.17, 15) is 13.2 Å². The van der Waals surface area contributed by atoms with Crippen molar-refractivity contribution in [3.8, 4) is 0 Å². The number of nitrogens with one attached hydrogen (secondary N) is 1. The maximum Gasteiger partial charge on any atom is 0.246 e. The van der Waals surface area contributed by atoms with E-state index in [1.807, 2.05) is 13.8 Å². The minimum atomic E-state index is -3.83. The monoisotopic (exact) mass is 391 g/mol. The van der Waals surface area contributed by atoms with Gasteiger partial charge >= 0.3 is 0 Å². The van der Waals surface area contributed by atoms with Gasteiger partial charge in [0.2, 0.25) is 5.91 Å². The summed E-state index contributed by atoms with van der Waals surface area (Å²) in [6, 6.07) is 11.9. The van der Waals surface area contributed by atoms with Crippen molar-refractivity contribution in [1.82, 2.24) is 0 Å². The summed E-state index contributed by atoms with van der Waals surface area (Å²) in [5.41, 5.74) is 2.34. The summed E-state index contributed by atoms with van der Waals surface area (Å²) in [7, 11) is -3.83. The van der Waals surface area contributed by atoms with E-state index in [4.69, 9.17) is 11.6 Å². The van der Waals surface area contributed by atoms with Crippen molar-refractivity contribution in [2.24, 2.45) is 0 Å². The number of anilines is 1. The van der Waals surface area contributed by atoms with E-state index in [0.717, 1.165) is 11.1 Å². The van der Waals surface area contributed by atoms with Gasteiger partial charge in [0.25, 0.3) is 0 Å². The second-order valence-electron chi connectivity index (χ2n) is 6.88. The van der Waals surface area contributed by atoms with Crippen molar-refractivity contribution in [1.29, 1.82) is 0 Å². The molecule has 138 valence electrons.